The number of aliphatic imine (C=N–C) groups is 1. The molecule has 1 aromatic rings. The summed E-state index contributed by atoms with van der Waals surface area (Å²) in [5, 5.41) is 3.82. The van der Waals surface area contributed by atoms with Crippen LogP contribution in [0.1, 0.15) is 25.8 Å². The summed E-state index contributed by atoms with van der Waals surface area (Å²) >= 11 is 6.07. The van der Waals surface area contributed by atoms with Gasteiger partial charge in [0, 0.05) is 43.7 Å². The van der Waals surface area contributed by atoms with Gasteiger partial charge in [-0.25, -0.2) is 4.39 Å². The molecule has 1 saturated heterocycles. The number of rotatable bonds is 7. The van der Waals surface area contributed by atoms with Gasteiger partial charge >= 0.3 is 0 Å². The second kappa shape index (κ2) is 9.84. The highest BCUT2D eigenvalue weighted by atomic mass is 35.5. The highest BCUT2D eigenvalue weighted by Crippen LogP contribution is 2.19. The minimum Gasteiger partial charge on any atom is -0.381 e. The fraction of sp³-hybridized carbons (Fsp3) is 0.611. The van der Waals surface area contributed by atoms with E-state index < -0.39 is 0 Å². The van der Waals surface area contributed by atoms with Crippen LogP contribution in [0, 0.1) is 11.7 Å². The van der Waals surface area contributed by atoms with Crippen LogP contribution in [-0.4, -0.2) is 50.3 Å². The maximum Gasteiger partial charge on any atom is 0.193 e. The number of benzene rings is 1. The Labute approximate surface area is 149 Å². The number of nitrogens with zero attached hydrogens (tertiary/aromatic N) is 2. The van der Waals surface area contributed by atoms with Crippen molar-refractivity contribution in [3.05, 3.63) is 34.6 Å². The Hall–Kier alpha value is -1.33. The van der Waals surface area contributed by atoms with E-state index in [1.165, 1.54) is 12.1 Å². The van der Waals surface area contributed by atoms with Gasteiger partial charge in [-0.2, -0.15) is 0 Å². The second-order valence-corrected chi connectivity index (χ2v) is 6.39. The maximum atomic E-state index is 13.1. The van der Waals surface area contributed by atoms with Gasteiger partial charge in [0.15, 0.2) is 5.96 Å². The number of hydrogen-bond donors (Lipinski definition) is 1. The van der Waals surface area contributed by atoms with Gasteiger partial charge in [0.1, 0.15) is 5.82 Å². The van der Waals surface area contributed by atoms with Crippen molar-refractivity contribution < 1.29 is 9.13 Å². The third-order valence-corrected chi connectivity index (χ3v) is 4.49. The standard InChI is InChI=1S/C18H27ClFN3O/c1-3-21-18(23-10-8-14(12-23)13-24-4-2)22-9-7-15-5-6-16(20)11-17(15)19/h5-6,11,14H,3-4,7-10,12-13H2,1-2H3,(H,21,22). The number of ether oxygens (including phenoxy) is 1. The van der Waals surface area contributed by atoms with Gasteiger partial charge in [-0.15, -0.1) is 0 Å². The Morgan fingerprint density at radius 3 is 3.00 bits per heavy atom. The molecule has 1 N–H and O–H groups in total. The lowest BCUT2D eigenvalue weighted by atomic mass is 10.1. The number of halogens is 2. The molecule has 134 valence electrons. The SMILES string of the molecule is CCNC(=NCCc1ccc(F)cc1Cl)N1CCC(COCC)C1. The Morgan fingerprint density at radius 1 is 1.46 bits per heavy atom. The second-order valence-electron chi connectivity index (χ2n) is 5.98. The largest absolute Gasteiger partial charge is 0.381 e. The molecule has 1 unspecified atom stereocenters. The van der Waals surface area contributed by atoms with Gasteiger partial charge in [0.2, 0.25) is 0 Å². The minimum atomic E-state index is -0.307. The zero-order chi connectivity index (χ0) is 17.4. The maximum absolute atomic E-state index is 13.1. The fourth-order valence-corrected chi connectivity index (χ4v) is 3.14. The van der Waals surface area contributed by atoms with Crippen molar-refractivity contribution in [3.63, 3.8) is 0 Å². The average molecular weight is 356 g/mol. The van der Waals surface area contributed by atoms with Gasteiger partial charge in [0.05, 0.1) is 6.61 Å². The van der Waals surface area contributed by atoms with E-state index in [0.29, 0.717) is 23.9 Å². The third kappa shape index (κ3) is 5.64. The Balaban J connectivity index is 1.91. The number of hydrogen-bond acceptors (Lipinski definition) is 2. The minimum absolute atomic E-state index is 0.307. The van der Waals surface area contributed by atoms with E-state index in [4.69, 9.17) is 21.3 Å². The lowest BCUT2D eigenvalue weighted by molar-refractivity contribution is 0.114. The van der Waals surface area contributed by atoms with E-state index in [-0.39, 0.29) is 5.82 Å². The molecule has 1 aliphatic heterocycles. The molecule has 6 heteroatoms. The molecular formula is C18H27ClFN3O. The van der Waals surface area contributed by atoms with Crippen molar-refractivity contribution >= 4 is 17.6 Å². The Kier molecular flexibility index (Phi) is 7.79. The van der Waals surface area contributed by atoms with Crippen LogP contribution in [0.5, 0.6) is 0 Å². The first-order valence-electron chi connectivity index (χ1n) is 8.69. The summed E-state index contributed by atoms with van der Waals surface area (Å²) in [5.74, 6) is 1.20. The molecule has 0 spiro atoms. The van der Waals surface area contributed by atoms with Crippen molar-refractivity contribution in [2.24, 2.45) is 10.9 Å². The topological polar surface area (TPSA) is 36.9 Å². The first-order valence-corrected chi connectivity index (χ1v) is 9.06. The first-order chi connectivity index (χ1) is 11.6. The van der Waals surface area contributed by atoms with E-state index in [0.717, 1.165) is 50.8 Å². The van der Waals surface area contributed by atoms with Crippen LogP contribution < -0.4 is 5.32 Å². The van der Waals surface area contributed by atoms with Crippen molar-refractivity contribution in [2.45, 2.75) is 26.7 Å². The predicted molar refractivity (Wildman–Crippen MR) is 97.3 cm³/mol. The molecule has 1 heterocycles. The zero-order valence-corrected chi connectivity index (χ0v) is 15.3. The highest BCUT2D eigenvalue weighted by Gasteiger charge is 2.24. The molecule has 0 amide bonds. The highest BCUT2D eigenvalue weighted by molar-refractivity contribution is 6.31. The average Bonchev–Trinajstić information content (AvgIpc) is 3.03. The van der Waals surface area contributed by atoms with Crippen LogP contribution in [0.15, 0.2) is 23.2 Å². The molecule has 1 aliphatic rings. The molecule has 1 atom stereocenters. The van der Waals surface area contributed by atoms with Gasteiger partial charge < -0.3 is 15.0 Å². The molecular weight excluding hydrogens is 329 g/mol. The number of nitrogens with one attached hydrogen (secondary N) is 1. The molecule has 1 fully saturated rings. The first kappa shape index (κ1) is 19.0. The molecule has 0 radical (unpaired) electrons. The van der Waals surface area contributed by atoms with Crippen LogP contribution >= 0.6 is 11.6 Å². The molecule has 0 aliphatic carbocycles. The molecule has 4 nitrogen and oxygen atoms in total. The summed E-state index contributed by atoms with van der Waals surface area (Å²) in [6.07, 6.45) is 1.83. The normalized spacial score (nSPS) is 18.2. The summed E-state index contributed by atoms with van der Waals surface area (Å²) in [7, 11) is 0. The fourth-order valence-electron chi connectivity index (χ4n) is 2.88. The smallest absolute Gasteiger partial charge is 0.193 e. The number of guanidine groups is 1. The van der Waals surface area contributed by atoms with Crippen LogP contribution in [-0.2, 0) is 11.2 Å². The summed E-state index contributed by atoms with van der Waals surface area (Å²) in [6.45, 7) is 9.12. The van der Waals surface area contributed by atoms with Crippen molar-refractivity contribution in [1.29, 1.82) is 0 Å². The molecule has 24 heavy (non-hydrogen) atoms. The van der Waals surface area contributed by atoms with Crippen molar-refractivity contribution in [1.82, 2.24) is 10.2 Å². The molecule has 1 aromatic carbocycles. The van der Waals surface area contributed by atoms with E-state index >= 15 is 0 Å². The van der Waals surface area contributed by atoms with Crippen molar-refractivity contribution in [2.75, 3.05) is 39.4 Å². The summed E-state index contributed by atoms with van der Waals surface area (Å²) in [5.41, 5.74) is 0.924. The predicted octanol–water partition coefficient (Wildman–Crippen LogP) is 3.35. The molecule has 0 saturated carbocycles. The van der Waals surface area contributed by atoms with Crippen molar-refractivity contribution in [3.8, 4) is 0 Å². The van der Waals surface area contributed by atoms with Crippen LogP contribution in [0.2, 0.25) is 5.02 Å². The Morgan fingerprint density at radius 2 is 2.29 bits per heavy atom. The molecule has 0 aromatic heterocycles. The lowest BCUT2D eigenvalue weighted by Gasteiger charge is -2.21. The van der Waals surface area contributed by atoms with E-state index in [9.17, 15) is 4.39 Å². The van der Waals surface area contributed by atoms with E-state index in [1.54, 1.807) is 6.07 Å². The molecule has 2 rings (SSSR count). The summed E-state index contributed by atoms with van der Waals surface area (Å²) < 4.78 is 18.6. The van der Waals surface area contributed by atoms with Gasteiger partial charge in [-0.05, 0) is 44.4 Å². The summed E-state index contributed by atoms with van der Waals surface area (Å²) in [4.78, 5) is 7.00. The lowest BCUT2D eigenvalue weighted by Crippen LogP contribution is -2.40. The van der Waals surface area contributed by atoms with Crippen LogP contribution in [0.25, 0.3) is 0 Å². The summed E-state index contributed by atoms with van der Waals surface area (Å²) in [6, 6.07) is 4.52. The van der Waals surface area contributed by atoms with Gasteiger partial charge in [0.25, 0.3) is 0 Å². The molecule has 0 bridgehead atoms. The van der Waals surface area contributed by atoms with Gasteiger partial charge in [-0.1, -0.05) is 17.7 Å². The third-order valence-electron chi connectivity index (χ3n) is 4.14. The van der Waals surface area contributed by atoms with E-state index in [1.807, 2.05) is 6.92 Å². The Bertz CT molecular complexity index is 553. The van der Waals surface area contributed by atoms with Crippen LogP contribution in [0.3, 0.4) is 0 Å². The quantitative estimate of drug-likeness (QED) is 0.602. The number of likely N-dealkylation sites (tertiary alicyclic amines) is 1. The van der Waals surface area contributed by atoms with Gasteiger partial charge in [-0.3, -0.25) is 4.99 Å². The van der Waals surface area contributed by atoms with E-state index in [2.05, 4.69) is 17.1 Å². The van der Waals surface area contributed by atoms with Crippen LogP contribution in [0.4, 0.5) is 4.39 Å². The monoisotopic (exact) mass is 355 g/mol. The zero-order valence-electron chi connectivity index (χ0n) is 14.5.